The molecule has 5 nitrogen and oxygen atoms in total. The molecule has 0 spiro atoms. The van der Waals surface area contributed by atoms with Gasteiger partial charge < -0.3 is 5.32 Å². The molecule has 0 atom stereocenters. The maximum atomic E-state index is 11.5. The van der Waals surface area contributed by atoms with E-state index in [1.807, 2.05) is 12.1 Å². The highest BCUT2D eigenvalue weighted by molar-refractivity contribution is 7.15. The fourth-order valence-corrected chi connectivity index (χ4v) is 3.58. The first-order valence-corrected chi connectivity index (χ1v) is 7.98. The van der Waals surface area contributed by atoms with Crippen molar-refractivity contribution in [1.82, 2.24) is 9.88 Å². The minimum absolute atomic E-state index is 0.135. The SMILES string of the molecule is N#CCC(=O)Nc1nc2c(s1)CN(Cc1ccccc1)CC2. The molecule has 22 heavy (non-hydrogen) atoms. The van der Waals surface area contributed by atoms with Crippen molar-refractivity contribution in [3.05, 3.63) is 46.5 Å². The third-order valence-corrected chi connectivity index (χ3v) is 4.54. The van der Waals surface area contributed by atoms with Crippen LogP contribution in [0.25, 0.3) is 0 Å². The van der Waals surface area contributed by atoms with Gasteiger partial charge in [-0.2, -0.15) is 5.26 Å². The van der Waals surface area contributed by atoms with Crippen molar-refractivity contribution >= 4 is 22.4 Å². The van der Waals surface area contributed by atoms with Crippen LogP contribution >= 0.6 is 11.3 Å². The molecule has 1 aliphatic rings. The van der Waals surface area contributed by atoms with Crippen LogP contribution in [0.3, 0.4) is 0 Å². The van der Waals surface area contributed by atoms with Gasteiger partial charge in [0.15, 0.2) is 5.13 Å². The number of thiazole rings is 1. The Balaban J connectivity index is 1.64. The lowest BCUT2D eigenvalue weighted by Gasteiger charge is -2.25. The normalized spacial score (nSPS) is 14.1. The fourth-order valence-electron chi connectivity index (χ4n) is 2.51. The Morgan fingerprint density at radius 3 is 3.00 bits per heavy atom. The lowest BCUT2D eigenvalue weighted by atomic mass is 10.1. The molecule has 0 aliphatic carbocycles. The Bertz CT molecular complexity index is 705. The largest absolute Gasteiger partial charge is 0.301 e. The molecule has 1 aliphatic heterocycles. The summed E-state index contributed by atoms with van der Waals surface area (Å²) in [6.07, 6.45) is 0.761. The third kappa shape index (κ3) is 3.50. The van der Waals surface area contributed by atoms with Gasteiger partial charge in [0, 0.05) is 30.9 Å². The van der Waals surface area contributed by atoms with Crippen LogP contribution in [-0.2, 0) is 24.3 Å². The van der Waals surface area contributed by atoms with Crippen LogP contribution < -0.4 is 5.32 Å². The number of fused-ring (bicyclic) bond motifs is 1. The van der Waals surface area contributed by atoms with Crippen LogP contribution in [0.4, 0.5) is 5.13 Å². The average molecular weight is 312 g/mol. The summed E-state index contributed by atoms with van der Waals surface area (Å²) < 4.78 is 0. The number of carbonyl (C=O) groups excluding carboxylic acids is 1. The zero-order valence-electron chi connectivity index (χ0n) is 12.1. The second-order valence-electron chi connectivity index (χ2n) is 5.22. The minimum Gasteiger partial charge on any atom is -0.301 e. The van der Waals surface area contributed by atoms with E-state index < -0.39 is 0 Å². The monoisotopic (exact) mass is 312 g/mol. The molecule has 1 aromatic carbocycles. The van der Waals surface area contributed by atoms with Gasteiger partial charge in [-0.05, 0) is 5.56 Å². The number of nitrogens with one attached hydrogen (secondary N) is 1. The standard InChI is InChI=1S/C16H16N4OS/c17-8-6-15(21)19-16-18-13-7-9-20(11-14(13)22-16)10-12-4-2-1-3-5-12/h1-5H,6-7,9-11H2,(H,18,19,21). The number of benzene rings is 1. The predicted molar refractivity (Wildman–Crippen MR) is 85.2 cm³/mol. The number of nitriles is 1. The van der Waals surface area contributed by atoms with Gasteiger partial charge in [-0.3, -0.25) is 9.69 Å². The summed E-state index contributed by atoms with van der Waals surface area (Å²) in [7, 11) is 0. The Hall–Kier alpha value is -2.23. The van der Waals surface area contributed by atoms with Crippen molar-refractivity contribution in [3.8, 4) is 6.07 Å². The van der Waals surface area contributed by atoms with E-state index in [1.54, 1.807) is 0 Å². The molecule has 0 saturated heterocycles. The molecule has 0 unspecified atom stereocenters. The maximum Gasteiger partial charge on any atom is 0.240 e. The molecular weight excluding hydrogens is 296 g/mol. The van der Waals surface area contributed by atoms with Crippen molar-refractivity contribution < 1.29 is 4.79 Å². The molecule has 2 heterocycles. The lowest BCUT2D eigenvalue weighted by molar-refractivity contribution is -0.115. The van der Waals surface area contributed by atoms with Gasteiger partial charge in [0.2, 0.25) is 5.91 Å². The van der Waals surface area contributed by atoms with Gasteiger partial charge in [0.25, 0.3) is 0 Å². The molecule has 1 N–H and O–H groups in total. The topological polar surface area (TPSA) is 69.0 Å². The van der Waals surface area contributed by atoms with E-state index in [9.17, 15) is 4.79 Å². The molecule has 6 heteroatoms. The lowest BCUT2D eigenvalue weighted by Crippen LogP contribution is -2.29. The number of hydrogen-bond donors (Lipinski definition) is 1. The maximum absolute atomic E-state index is 11.5. The number of anilines is 1. The number of hydrogen-bond acceptors (Lipinski definition) is 5. The summed E-state index contributed by atoms with van der Waals surface area (Å²) in [5.41, 5.74) is 2.37. The molecule has 0 radical (unpaired) electrons. The summed E-state index contributed by atoms with van der Waals surface area (Å²) in [4.78, 5) is 19.5. The minimum atomic E-state index is -0.297. The highest BCUT2D eigenvalue weighted by atomic mass is 32.1. The highest BCUT2D eigenvalue weighted by Crippen LogP contribution is 2.29. The Morgan fingerprint density at radius 1 is 1.41 bits per heavy atom. The van der Waals surface area contributed by atoms with Crippen LogP contribution in [0.2, 0.25) is 0 Å². The van der Waals surface area contributed by atoms with E-state index in [0.29, 0.717) is 5.13 Å². The quantitative estimate of drug-likeness (QED) is 0.942. The van der Waals surface area contributed by atoms with Crippen LogP contribution in [0.15, 0.2) is 30.3 Å². The van der Waals surface area contributed by atoms with Gasteiger partial charge >= 0.3 is 0 Å². The highest BCUT2D eigenvalue weighted by Gasteiger charge is 2.21. The Kier molecular flexibility index (Phi) is 4.47. The van der Waals surface area contributed by atoms with Gasteiger partial charge in [-0.25, -0.2) is 4.98 Å². The van der Waals surface area contributed by atoms with Crippen molar-refractivity contribution in [3.63, 3.8) is 0 Å². The van der Waals surface area contributed by atoms with E-state index in [-0.39, 0.29) is 12.3 Å². The number of carbonyl (C=O) groups is 1. The number of nitrogens with zero attached hydrogens (tertiary/aromatic N) is 3. The van der Waals surface area contributed by atoms with Crippen LogP contribution in [0.5, 0.6) is 0 Å². The van der Waals surface area contributed by atoms with E-state index in [4.69, 9.17) is 5.26 Å². The summed E-state index contributed by atoms with van der Waals surface area (Å²) in [5, 5.41) is 11.8. The summed E-state index contributed by atoms with van der Waals surface area (Å²) in [5.74, 6) is -0.297. The second-order valence-corrected chi connectivity index (χ2v) is 6.30. The molecule has 1 aromatic heterocycles. The van der Waals surface area contributed by atoms with E-state index >= 15 is 0 Å². The first-order valence-electron chi connectivity index (χ1n) is 7.16. The predicted octanol–water partition coefficient (Wildman–Crippen LogP) is 2.55. The van der Waals surface area contributed by atoms with Gasteiger partial charge in [0.1, 0.15) is 6.42 Å². The average Bonchev–Trinajstić information content (AvgIpc) is 2.90. The third-order valence-electron chi connectivity index (χ3n) is 3.55. The van der Waals surface area contributed by atoms with Crippen LogP contribution in [0, 0.1) is 11.3 Å². The molecule has 2 aromatic rings. The number of amides is 1. The second kappa shape index (κ2) is 6.69. The zero-order chi connectivity index (χ0) is 15.4. The first-order chi connectivity index (χ1) is 10.7. The van der Waals surface area contributed by atoms with Gasteiger partial charge in [-0.1, -0.05) is 30.3 Å². The summed E-state index contributed by atoms with van der Waals surface area (Å²) in [6, 6.07) is 12.2. The van der Waals surface area contributed by atoms with Crippen molar-refractivity contribution in [2.75, 3.05) is 11.9 Å². The van der Waals surface area contributed by atoms with E-state index in [0.717, 1.165) is 31.7 Å². The first kappa shape index (κ1) is 14.7. The van der Waals surface area contributed by atoms with Crippen molar-refractivity contribution in [2.24, 2.45) is 0 Å². The molecular formula is C16H16N4OS. The molecule has 3 rings (SSSR count). The molecule has 0 fully saturated rings. The summed E-state index contributed by atoms with van der Waals surface area (Å²) >= 11 is 1.51. The smallest absolute Gasteiger partial charge is 0.240 e. The van der Waals surface area contributed by atoms with E-state index in [1.165, 1.54) is 21.8 Å². The van der Waals surface area contributed by atoms with Crippen LogP contribution in [0.1, 0.15) is 22.6 Å². The van der Waals surface area contributed by atoms with Gasteiger partial charge in [0.05, 0.1) is 11.8 Å². The molecule has 112 valence electrons. The molecule has 0 saturated carbocycles. The number of rotatable bonds is 4. The molecule has 1 amide bonds. The van der Waals surface area contributed by atoms with Crippen molar-refractivity contribution in [1.29, 1.82) is 5.26 Å². The Morgan fingerprint density at radius 2 is 2.23 bits per heavy atom. The summed E-state index contributed by atoms with van der Waals surface area (Å²) in [6.45, 7) is 2.75. The molecule has 0 bridgehead atoms. The van der Waals surface area contributed by atoms with Crippen molar-refractivity contribution in [2.45, 2.75) is 25.9 Å². The van der Waals surface area contributed by atoms with E-state index in [2.05, 4.69) is 39.5 Å². The fraction of sp³-hybridized carbons (Fsp3) is 0.312. The number of aromatic nitrogens is 1. The Labute approximate surface area is 133 Å². The van der Waals surface area contributed by atoms with Crippen LogP contribution in [-0.4, -0.2) is 22.3 Å². The zero-order valence-corrected chi connectivity index (χ0v) is 12.9. The van der Waals surface area contributed by atoms with Gasteiger partial charge in [-0.15, -0.1) is 11.3 Å².